The van der Waals surface area contributed by atoms with Crippen molar-refractivity contribution < 1.29 is 26.4 Å². The van der Waals surface area contributed by atoms with Gasteiger partial charge in [-0.3, -0.25) is 0 Å². The van der Waals surface area contributed by atoms with Crippen molar-refractivity contribution in [1.29, 1.82) is 0 Å². The lowest BCUT2D eigenvalue weighted by atomic mass is 10.2. The van der Waals surface area contributed by atoms with Crippen LogP contribution in [-0.2, 0) is 37.9 Å². The number of carbonyl (C=O) groups is 1. The average molecular weight is 734 g/mol. The molecule has 4 rings (SSSR count). The highest BCUT2D eigenvalue weighted by Gasteiger charge is 2.37. The van der Waals surface area contributed by atoms with E-state index in [-0.39, 0.29) is 50.2 Å². The third-order valence-corrected chi connectivity index (χ3v) is 10.8. The molecule has 0 aromatic heterocycles. The number of azo groups is 1. The number of nitrogens with one attached hydrogen (secondary N) is 2. The van der Waals surface area contributed by atoms with Crippen molar-refractivity contribution in [2.75, 3.05) is 19.8 Å². The van der Waals surface area contributed by atoms with E-state index in [4.69, 9.17) is 4.74 Å². The van der Waals surface area contributed by atoms with E-state index >= 15 is 0 Å². The zero-order valence-corrected chi connectivity index (χ0v) is 29.2. The Labute approximate surface area is 278 Å². The summed E-state index contributed by atoms with van der Waals surface area (Å²) in [6, 6.07) is 20.8. The Hall–Kier alpha value is -3.50. The van der Waals surface area contributed by atoms with E-state index in [1.54, 1.807) is 76.2 Å². The predicted octanol–water partition coefficient (Wildman–Crippen LogP) is 5.45. The van der Waals surface area contributed by atoms with Crippen molar-refractivity contribution in [3.63, 3.8) is 0 Å². The van der Waals surface area contributed by atoms with Gasteiger partial charge in [-0.15, -0.1) is 5.11 Å². The fourth-order valence-corrected chi connectivity index (χ4v) is 8.69. The summed E-state index contributed by atoms with van der Waals surface area (Å²) in [6.07, 6.45) is -0.628. The molecule has 1 amide bonds. The number of rotatable bonds is 13. The summed E-state index contributed by atoms with van der Waals surface area (Å²) in [4.78, 5) is 15.4. The van der Waals surface area contributed by atoms with E-state index in [0.717, 1.165) is 0 Å². The molecular weight excluding hydrogens is 696 g/mol. The second kappa shape index (κ2) is 14.9. The molecule has 0 unspecified atom stereocenters. The second-order valence-electron chi connectivity index (χ2n) is 11.7. The van der Waals surface area contributed by atoms with Crippen molar-refractivity contribution in [3.8, 4) is 0 Å². The lowest BCUT2D eigenvalue weighted by Crippen LogP contribution is -2.38. The molecule has 3 aromatic carbocycles. The minimum atomic E-state index is -4.55. The lowest BCUT2D eigenvalue weighted by Gasteiger charge is -2.26. The number of benzene rings is 3. The van der Waals surface area contributed by atoms with Crippen molar-refractivity contribution >= 4 is 47.9 Å². The average Bonchev–Trinajstić information content (AvgIpc) is 3.53. The summed E-state index contributed by atoms with van der Waals surface area (Å²) in [7, 11) is -8.98. The first-order valence-corrected chi connectivity index (χ1v) is 18.2. The van der Waals surface area contributed by atoms with Gasteiger partial charge in [0.1, 0.15) is 15.4 Å². The zero-order valence-electron chi connectivity index (χ0n) is 26.0. The predicted molar refractivity (Wildman–Crippen MR) is 178 cm³/mol. The Morgan fingerprint density at radius 3 is 2.04 bits per heavy atom. The maximum Gasteiger partial charge on any atom is 0.407 e. The van der Waals surface area contributed by atoms with Gasteiger partial charge in [-0.05, 0) is 65.9 Å². The van der Waals surface area contributed by atoms with Crippen molar-refractivity contribution in [2.45, 2.75) is 56.2 Å². The minimum Gasteiger partial charge on any atom is -0.444 e. The van der Waals surface area contributed by atoms with Crippen LogP contribution in [0.2, 0.25) is 0 Å². The molecule has 15 heteroatoms. The van der Waals surface area contributed by atoms with Gasteiger partial charge in [0.2, 0.25) is 20.0 Å². The number of sulfonamides is 2. The van der Waals surface area contributed by atoms with Crippen LogP contribution in [0.5, 0.6) is 0 Å². The second-order valence-corrected chi connectivity index (χ2v) is 16.2. The van der Waals surface area contributed by atoms with Crippen LogP contribution in [0.4, 0.5) is 4.79 Å². The molecule has 1 aliphatic rings. The first-order chi connectivity index (χ1) is 21.7. The van der Waals surface area contributed by atoms with Crippen LogP contribution < -0.4 is 10.0 Å². The summed E-state index contributed by atoms with van der Waals surface area (Å²) in [5, 5.41) is 10.5. The third kappa shape index (κ3) is 9.28. The topological polar surface area (TPSA) is 159 Å². The molecule has 1 atom stereocenters. The fraction of sp³-hybridized carbons (Fsp3) is 0.355. The number of alkyl carbamates (subject to hydrolysis) is 1. The number of hydrogen-bond acceptors (Lipinski definition) is 9. The lowest BCUT2D eigenvalue weighted by molar-refractivity contribution is 0.0521. The Morgan fingerprint density at radius 2 is 1.52 bits per heavy atom. The van der Waals surface area contributed by atoms with Crippen LogP contribution in [0.1, 0.15) is 44.4 Å². The summed E-state index contributed by atoms with van der Waals surface area (Å²) in [5.41, 5.74) is 0.735. The zero-order chi connectivity index (χ0) is 33.5. The van der Waals surface area contributed by atoms with Crippen LogP contribution in [0.15, 0.2) is 102 Å². The highest BCUT2D eigenvalue weighted by molar-refractivity contribution is 9.10. The molecule has 2 N–H and O–H groups in total. The highest BCUT2D eigenvalue weighted by Crippen LogP contribution is 2.36. The van der Waals surface area contributed by atoms with Crippen molar-refractivity contribution in [1.82, 2.24) is 14.3 Å². The Kier molecular flexibility index (Phi) is 11.5. The number of ether oxygens (including phenoxy) is 1. The number of hydrogen-bond donors (Lipinski definition) is 2. The molecule has 0 saturated carbocycles. The number of amides is 1. The van der Waals surface area contributed by atoms with Crippen molar-refractivity contribution in [2.24, 2.45) is 21.1 Å². The van der Waals surface area contributed by atoms with E-state index in [9.17, 15) is 21.6 Å². The molecule has 1 heterocycles. The van der Waals surface area contributed by atoms with Gasteiger partial charge in [-0.25, -0.2) is 31.3 Å². The molecule has 246 valence electrons. The summed E-state index contributed by atoms with van der Waals surface area (Å²) in [6.45, 7) is 6.89. The van der Waals surface area contributed by atoms with E-state index in [2.05, 4.69) is 41.2 Å². The summed E-state index contributed by atoms with van der Waals surface area (Å²) < 4.78 is 66.7. The molecule has 0 radical (unpaired) electrons. The Bertz CT molecular complexity index is 1770. The van der Waals surface area contributed by atoms with E-state index in [1.165, 1.54) is 16.4 Å². The number of nitrogens with zero attached hydrogens (tertiary/aromatic N) is 4. The molecule has 1 aliphatic heterocycles. The van der Waals surface area contributed by atoms with E-state index in [0.29, 0.717) is 15.6 Å². The SMILES string of the molecule is C[C@H](CNC(=O)OC(C)(C)C)CNS(=O)(=O)c1ccc(Br)c(C2=NCN=N2)c1S(=O)(=O)N(Cc1ccccc1)Cc1ccccc1. The maximum absolute atomic E-state index is 14.8. The Morgan fingerprint density at radius 1 is 0.935 bits per heavy atom. The van der Waals surface area contributed by atoms with Gasteiger partial charge in [-0.2, -0.15) is 9.42 Å². The molecule has 12 nitrogen and oxygen atoms in total. The minimum absolute atomic E-state index is 0.00296. The largest absolute Gasteiger partial charge is 0.444 e. The molecule has 0 fully saturated rings. The first-order valence-electron chi connectivity index (χ1n) is 14.5. The normalized spacial score (nSPS) is 14.3. The first kappa shape index (κ1) is 35.4. The standard InChI is InChI=1S/C31H37BrN6O6S2/c1-22(17-33-30(39)44-31(2,3)4)18-36-45(40,41)26-16-15-25(32)27(29-34-21-35-37-29)28(26)46(42,43)38(19-23-11-7-5-8-12-23)20-24-13-9-6-10-14-24/h5-16,22,36H,17-21H2,1-4H3,(H,33,39)/t22-/m1/s1. The van der Waals surface area contributed by atoms with Crippen LogP contribution in [0.25, 0.3) is 0 Å². The molecule has 0 saturated heterocycles. The molecule has 3 aromatic rings. The van der Waals surface area contributed by atoms with Gasteiger partial charge in [0.15, 0.2) is 12.5 Å². The van der Waals surface area contributed by atoms with E-state index in [1.807, 2.05) is 12.1 Å². The molecule has 0 bridgehead atoms. The monoisotopic (exact) mass is 732 g/mol. The molecule has 46 heavy (non-hydrogen) atoms. The maximum atomic E-state index is 14.8. The van der Waals surface area contributed by atoms with Gasteiger partial charge in [0.05, 0.1) is 5.56 Å². The van der Waals surface area contributed by atoms with Crippen LogP contribution in [0, 0.1) is 5.92 Å². The van der Waals surface area contributed by atoms with Gasteiger partial charge in [-0.1, -0.05) is 67.6 Å². The smallest absolute Gasteiger partial charge is 0.407 e. The van der Waals surface area contributed by atoms with Gasteiger partial charge < -0.3 is 10.1 Å². The molecular formula is C31H37BrN6O6S2. The highest BCUT2D eigenvalue weighted by atomic mass is 79.9. The van der Waals surface area contributed by atoms with Gasteiger partial charge in [0.25, 0.3) is 0 Å². The van der Waals surface area contributed by atoms with Crippen molar-refractivity contribution in [3.05, 3.63) is 94.0 Å². The van der Waals surface area contributed by atoms with E-state index < -0.39 is 41.5 Å². The van der Waals surface area contributed by atoms with Gasteiger partial charge >= 0.3 is 6.09 Å². The quantitative estimate of drug-likeness (QED) is 0.238. The fourth-order valence-electron chi connectivity index (χ4n) is 4.48. The molecule has 0 aliphatic carbocycles. The van der Waals surface area contributed by atoms with Gasteiger partial charge in [0, 0.05) is 30.7 Å². The number of aliphatic imine (C=N–C) groups is 1. The number of carbonyl (C=O) groups excluding carboxylic acids is 1. The Balaban J connectivity index is 1.74. The van der Waals surface area contributed by atoms with Crippen LogP contribution in [-0.4, -0.2) is 58.4 Å². The summed E-state index contributed by atoms with van der Waals surface area (Å²) in [5.74, 6) is -0.366. The van der Waals surface area contributed by atoms with Crippen LogP contribution in [0.3, 0.4) is 0 Å². The molecule has 0 spiro atoms. The third-order valence-electron chi connectivity index (χ3n) is 6.65. The van der Waals surface area contributed by atoms with Crippen LogP contribution >= 0.6 is 15.9 Å². The number of halogens is 1. The summed E-state index contributed by atoms with van der Waals surface area (Å²) >= 11 is 3.42. The number of amidine groups is 1.